The summed E-state index contributed by atoms with van der Waals surface area (Å²) in [5.74, 6) is 5.17. The van der Waals surface area contributed by atoms with Crippen molar-refractivity contribution < 1.29 is 4.79 Å². The molecule has 6 heteroatoms. The zero-order valence-electron chi connectivity index (χ0n) is 11.2. The lowest BCUT2D eigenvalue weighted by Gasteiger charge is -2.10. The number of benzene rings is 1. The van der Waals surface area contributed by atoms with Crippen LogP contribution in [-0.4, -0.2) is 10.9 Å². The van der Waals surface area contributed by atoms with Gasteiger partial charge < -0.3 is 10.7 Å². The summed E-state index contributed by atoms with van der Waals surface area (Å²) in [4.78, 5) is 16.4. The van der Waals surface area contributed by atoms with Crippen LogP contribution in [0.5, 0.6) is 0 Å². The molecule has 0 aliphatic rings. The number of aromatic nitrogens is 1. The Bertz CT molecular complexity index is 658. The van der Waals surface area contributed by atoms with Crippen LogP contribution in [0.1, 0.15) is 21.6 Å². The van der Waals surface area contributed by atoms with Gasteiger partial charge in [0.25, 0.3) is 5.91 Å². The molecule has 20 heavy (non-hydrogen) atoms. The quantitative estimate of drug-likeness (QED) is 0.595. The first-order valence-electron chi connectivity index (χ1n) is 6.02. The average molecular weight is 335 g/mol. The van der Waals surface area contributed by atoms with Crippen molar-refractivity contribution in [3.05, 3.63) is 51.8 Å². The molecule has 2 aromatic rings. The van der Waals surface area contributed by atoms with E-state index in [0.717, 1.165) is 15.7 Å². The number of halogens is 1. The van der Waals surface area contributed by atoms with Crippen LogP contribution in [0.2, 0.25) is 0 Å². The molecule has 0 radical (unpaired) electrons. The molecule has 1 amide bonds. The number of hydrazine groups is 1. The van der Waals surface area contributed by atoms with Crippen LogP contribution >= 0.6 is 15.9 Å². The molecule has 2 rings (SSSR count). The van der Waals surface area contributed by atoms with E-state index >= 15 is 0 Å². The molecule has 0 aliphatic carbocycles. The third kappa shape index (κ3) is 3.15. The summed E-state index contributed by atoms with van der Waals surface area (Å²) < 4.78 is 0.939. The van der Waals surface area contributed by atoms with E-state index in [1.54, 1.807) is 6.07 Å². The third-order valence-electron chi connectivity index (χ3n) is 2.87. The molecule has 104 valence electrons. The summed E-state index contributed by atoms with van der Waals surface area (Å²) in [7, 11) is 0. The fourth-order valence-corrected chi connectivity index (χ4v) is 2.11. The molecule has 0 aliphatic heterocycles. The Balaban J connectivity index is 2.25. The molecule has 0 unspecified atom stereocenters. The molecular weight excluding hydrogens is 320 g/mol. The molecule has 1 heterocycles. The van der Waals surface area contributed by atoms with Gasteiger partial charge >= 0.3 is 0 Å². The number of carbonyl (C=O) groups excluding carboxylic acids is 1. The Labute approximate surface area is 125 Å². The Morgan fingerprint density at radius 2 is 2.05 bits per heavy atom. The molecule has 0 atom stereocenters. The predicted octanol–water partition coefficient (Wildman–Crippen LogP) is 3.00. The third-order valence-corrected chi connectivity index (χ3v) is 3.72. The first-order valence-corrected chi connectivity index (χ1v) is 6.81. The number of pyridine rings is 1. The van der Waals surface area contributed by atoms with Gasteiger partial charge in [0.05, 0.1) is 11.3 Å². The molecule has 0 saturated carbocycles. The SMILES string of the molecule is Cc1cc(NN)c(C(=O)Nc2ccc(C)c(Br)c2)cn1. The highest BCUT2D eigenvalue weighted by Gasteiger charge is 2.12. The topological polar surface area (TPSA) is 80.0 Å². The number of nitrogens with two attached hydrogens (primary N) is 1. The lowest BCUT2D eigenvalue weighted by molar-refractivity contribution is 0.102. The minimum atomic E-state index is -0.263. The number of hydrogen-bond acceptors (Lipinski definition) is 4. The van der Waals surface area contributed by atoms with Crippen molar-refractivity contribution in [3.63, 3.8) is 0 Å². The second kappa shape index (κ2) is 6.02. The fraction of sp³-hybridized carbons (Fsp3) is 0.143. The molecule has 0 spiro atoms. The predicted molar refractivity (Wildman–Crippen MR) is 83.6 cm³/mol. The van der Waals surface area contributed by atoms with E-state index in [2.05, 4.69) is 31.7 Å². The number of amides is 1. The molecular formula is C14H15BrN4O. The molecule has 0 bridgehead atoms. The number of carbonyl (C=O) groups is 1. The summed E-state index contributed by atoms with van der Waals surface area (Å²) in [6, 6.07) is 7.34. The van der Waals surface area contributed by atoms with Crippen molar-refractivity contribution in [1.29, 1.82) is 0 Å². The van der Waals surface area contributed by atoms with Gasteiger partial charge in [-0.05, 0) is 37.6 Å². The zero-order chi connectivity index (χ0) is 14.7. The highest BCUT2D eigenvalue weighted by molar-refractivity contribution is 9.10. The molecule has 0 saturated heterocycles. The van der Waals surface area contributed by atoms with Gasteiger partial charge in [0.15, 0.2) is 0 Å². The number of hydrogen-bond donors (Lipinski definition) is 3. The maximum Gasteiger partial charge on any atom is 0.259 e. The summed E-state index contributed by atoms with van der Waals surface area (Å²) >= 11 is 3.43. The van der Waals surface area contributed by atoms with Crippen molar-refractivity contribution in [3.8, 4) is 0 Å². The Morgan fingerprint density at radius 3 is 2.70 bits per heavy atom. The molecule has 0 fully saturated rings. The van der Waals surface area contributed by atoms with Gasteiger partial charge in [-0.2, -0.15) is 0 Å². The second-order valence-corrected chi connectivity index (χ2v) is 5.29. The molecule has 5 nitrogen and oxygen atoms in total. The van der Waals surface area contributed by atoms with Gasteiger partial charge in [-0.1, -0.05) is 22.0 Å². The minimum Gasteiger partial charge on any atom is -0.323 e. The smallest absolute Gasteiger partial charge is 0.259 e. The Kier molecular flexibility index (Phi) is 4.36. The van der Waals surface area contributed by atoms with Gasteiger partial charge in [-0.3, -0.25) is 15.6 Å². The monoisotopic (exact) mass is 334 g/mol. The largest absolute Gasteiger partial charge is 0.323 e. The summed E-state index contributed by atoms with van der Waals surface area (Å²) in [6.07, 6.45) is 1.50. The number of nitrogen functional groups attached to an aromatic ring is 1. The van der Waals surface area contributed by atoms with E-state index in [-0.39, 0.29) is 5.91 Å². The molecule has 1 aromatic heterocycles. The van der Waals surface area contributed by atoms with Crippen LogP contribution in [-0.2, 0) is 0 Å². The van der Waals surface area contributed by atoms with Crippen LogP contribution in [0.25, 0.3) is 0 Å². The van der Waals surface area contributed by atoms with E-state index in [9.17, 15) is 4.79 Å². The number of rotatable bonds is 3. The maximum absolute atomic E-state index is 12.2. The van der Waals surface area contributed by atoms with Gasteiger partial charge in [-0.25, -0.2) is 0 Å². The second-order valence-electron chi connectivity index (χ2n) is 4.43. The van der Waals surface area contributed by atoms with Gasteiger partial charge in [0, 0.05) is 22.1 Å². The van der Waals surface area contributed by atoms with Crippen LogP contribution in [0.4, 0.5) is 11.4 Å². The van der Waals surface area contributed by atoms with Crippen LogP contribution in [0.3, 0.4) is 0 Å². The van der Waals surface area contributed by atoms with E-state index in [1.165, 1.54) is 6.20 Å². The van der Waals surface area contributed by atoms with E-state index in [4.69, 9.17) is 5.84 Å². The van der Waals surface area contributed by atoms with Crippen LogP contribution < -0.4 is 16.6 Å². The molecule has 1 aromatic carbocycles. The first kappa shape index (κ1) is 14.5. The van der Waals surface area contributed by atoms with Crippen LogP contribution in [0.15, 0.2) is 34.9 Å². The highest BCUT2D eigenvalue weighted by Crippen LogP contribution is 2.22. The van der Waals surface area contributed by atoms with Crippen molar-refractivity contribution in [2.75, 3.05) is 10.7 Å². The number of anilines is 2. The van der Waals surface area contributed by atoms with E-state index in [1.807, 2.05) is 32.0 Å². The Morgan fingerprint density at radius 1 is 1.30 bits per heavy atom. The van der Waals surface area contributed by atoms with Crippen molar-refractivity contribution >= 4 is 33.2 Å². The first-order chi connectivity index (χ1) is 9.51. The number of nitrogens with zero attached hydrogens (tertiary/aromatic N) is 1. The summed E-state index contributed by atoms with van der Waals surface area (Å²) in [5, 5.41) is 2.82. The van der Waals surface area contributed by atoms with E-state index in [0.29, 0.717) is 16.9 Å². The van der Waals surface area contributed by atoms with Gasteiger partial charge in [0.2, 0.25) is 0 Å². The maximum atomic E-state index is 12.2. The lowest BCUT2D eigenvalue weighted by atomic mass is 10.2. The fourth-order valence-electron chi connectivity index (χ4n) is 1.73. The summed E-state index contributed by atoms with van der Waals surface area (Å²) in [6.45, 7) is 3.82. The normalized spacial score (nSPS) is 10.2. The van der Waals surface area contributed by atoms with Crippen molar-refractivity contribution in [2.24, 2.45) is 5.84 Å². The molecule has 4 N–H and O–H groups in total. The van der Waals surface area contributed by atoms with Crippen molar-refractivity contribution in [1.82, 2.24) is 4.98 Å². The number of aryl methyl sites for hydroxylation is 2. The number of nitrogens with one attached hydrogen (secondary N) is 2. The summed E-state index contributed by atoms with van der Waals surface area (Å²) in [5.41, 5.74) is 6.04. The average Bonchev–Trinajstić information content (AvgIpc) is 2.42. The minimum absolute atomic E-state index is 0.263. The van der Waals surface area contributed by atoms with Gasteiger partial charge in [-0.15, -0.1) is 0 Å². The lowest BCUT2D eigenvalue weighted by Crippen LogP contribution is -2.18. The van der Waals surface area contributed by atoms with Gasteiger partial charge in [0.1, 0.15) is 0 Å². The highest BCUT2D eigenvalue weighted by atomic mass is 79.9. The zero-order valence-corrected chi connectivity index (χ0v) is 12.8. The van der Waals surface area contributed by atoms with Crippen LogP contribution in [0, 0.1) is 13.8 Å². The van der Waals surface area contributed by atoms with Crippen molar-refractivity contribution in [2.45, 2.75) is 13.8 Å². The van der Waals surface area contributed by atoms with E-state index < -0.39 is 0 Å². The Hall–Kier alpha value is -1.92. The standard InChI is InChI=1S/C14H15BrN4O/c1-8-3-4-10(6-12(8)15)18-14(20)11-7-17-9(2)5-13(11)19-16/h3-7H,16H2,1-2H3,(H,17,19)(H,18,20).